The highest BCUT2D eigenvalue weighted by Gasteiger charge is 2.47. The smallest absolute Gasteiger partial charge is 0.382 e. The molecule has 2 saturated heterocycles. The largest absolute Gasteiger partial charge is 0.406 e. The maximum atomic E-state index is 14.9. The number of fused-ring (bicyclic) bond motifs is 2. The Bertz CT molecular complexity index is 1460. The fourth-order valence-corrected chi connectivity index (χ4v) is 4.76. The van der Waals surface area contributed by atoms with Crippen molar-refractivity contribution in [2.24, 2.45) is 0 Å². The van der Waals surface area contributed by atoms with Crippen LogP contribution in [0.4, 0.5) is 33.7 Å². The van der Waals surface area contributed by atoms with Crippen LogP contribution in [0.1, 0.15) is 6.42 Å². The third-order valence-corrected chi connectivity index (χ3v) is 6.70. The minimum absolute atomic E-state index is 0.00978. The minimum Gasteiger partial charge on any atom is -0.382 e. The van der Waals surface area contributed by atoms with Gasteiger partial charge in [-0.25, -0.2) is 23.3 Å². The van der Waals surface area contributed by atoms with Gasteiger partial charge in [0.1, 0.15) is 17.6 Å². The highest BCUT2D eigenvalue weighted by Crippen LogP contribution is 2.33. The molecule has 6 heterocycles. The SMILES string of the molecule is Nc1nc(N[C@@H]2CCN(C3COC3)CC2(F)F)nn2ccc(-c3ccc4ncn(CC(F)(F)F)c4n3)c12. The van der Waals surface area contributed by atoms with E-state index < -0.39 is 24.7 Å². The number of rotatable bonds is 5. The van der Waals surface area contributed by atoms with Gasteiger partial charge in [0.2, 0.25) is 5.95 Å². The second-order valence-corrected chi connectivity index (χ2v) is 9.28. The van der Waals surface area contributed by atoms with Crippen molar-refractivity contribution >= 4 is 28.4 Å². The lowest BCUT2D eigenvalue weighted by molar-refractivity contribution is -0.140. The Morgan fingerprint density at radius 3 is 2.68 bits per heavy atom. The lowest BCUT2D eigenvalue weighted by atomic mass is 9.98. The van der Waals surface area contributed by atoms with E-state index in [1.54, 1.807) is 29.3 Å². The Morgan fingerprint density at radius 2 is 1.97 bits per heavy atom. The van der Waals surface area contributed by atoms with Gasteiger partial charge >= 0.3 is 6.18 Å². The molecule has 6 rings (SSSR count). The molecule has 2 aliphatic heterocycles. The van der Waals surface area contributed by atoms with Crippen LogP contribution in [0.2, 0.25) is 0 Å². The van der Waals surface area contributed by atoms with Crippen molar-refractivity contribution in [3.8, 4) is 11.3 Å². The number of hydrogen-bond donors (Lipinski definition) is 2. The van der Waals surface area contributed by atoms with Crippen LogP contribution < -0.4 is 11.1 Å². The Morgan fingerprint density at radius 1 is 1.16 bits per heavy atom. The van der Waals surface area contributed by atoms with Gasteiger partial charge in [0, 0.05) is 18.3 Å². The molecule has 196 valence electrons. The lowest BCUT2D eigenvalue weighted by Gasteiger charge is -2.44. The second kappa shape index (κ2) is 8.48. The summed E-state index contributed by atoms with van der Waals surface area (Å²) in [4.78, 5) is 14.3. The number of nitrogens with one attached hydrogen (secondary N) is 1. The van der Waals surface area contributed by atoms with E-state index in [0.29, 0.717) is 42.0 Å². The Balaban J connectivity index is 1.27. The number of aromatic nitrogens is 6. The van der Waals surface area contributed by atoms with Gasteiger partial charge in [-0.3, -0.25) is 4.90 Å². The number of likely N-dealkylation sites (tertiary alicyclic amines) is 1. The molecule has 2 fully saturated rings. The summed E-state index contributed by atoms with van der Waals surface area (Å²) in [5.41, 5.74) is 7.74. The van der Waals surface area contributed by atoms with E-state index in [1.807, 2.05) is 0 Å². The molecule has 3 N–H and O–H groups in total. The fraction of sp³-hybridized carbons (Fsp3) is 0.455. The fourth-order valence-electron chi connectivity index (χ4n) is 4.76. The van der Waals surface area contributed by atoms with Crippen LogP contribution in [-0.4, -0.2) is 84.5 Å². The average molecular weight is 523 g/mol. The first-order valence-electron chi connectivity index (χ1n) is 11.6. The van der Waals surface area contributed by atoms with E-state index in [-0.39, 0.29) is 36.4 Å². The van der Waals surface area contributed by atoms with Crippen molar-refractivity contribution in [3.63, 3.8) is 0 Å². The van der Waals surface area contributed by atoms with E-state index in [4.69, 9.17) is 10.5 Å². The third kappa shape index (κ3) is 4.41. The summed E-state index contributed by atoms with van der Waals surface area (Å²) in [6, 6.07) is 3.65. The second-order valence-electron chi connectivity index (χ2n) is 9.28. The molecule has 0 aromatic carbocycles. The van der Waals surface area contributed by atoms with E-state index in [2.05, 4.69) is 25.4 Å². The summed E-state index contributed by atoms with van der Waals surface area (Å²) in [5, 5.41) is 7.03. The van der Waals surface area contributed by atoms with Crippen molar-refractivity contribution in [1.82, 2.24) is 34.0 Å². The molecule has 15 heteroatoms. The summed E-state index contributed by atoms with van der Waals surface area (Å²) in [5.74, 6) is -3.05. The molecule has 0 spiro atoms. The number of pyridine rings is 1. The van der Waals surface area contributed by atoms with Crippen molar-refractivity contribution in [2.75, 3.05) is 37.4 Å². The molecule has 0 radical (unpaired) electrons. The molecular formula is C22H22F5N9O. The first-order chi connectivity index (χ1) is 17.6. The summed E-state index contributed by atoms with van der Waals surface area (Å²) >= 11 is 0. The van der Waals surface area contributed by atoms with E-state index in [9.17, 15) is 22.0 Å². The topological polar surface area (TPSA) is 111 Å². The van der Waals surface area contributed by atoms with E-state index in [1.165, 1.54) is 4.52 Å². The summed E-state index contributed by atoms with van der Waals surface area (Å²) in [7, 11) is 0. The van der Waals surface area contributed by atoms with E-state index in [0.717, 1.165) is 10.9 Å². The van der Waals surface area contributed by atoms with Gasteiger partial charge in [-0.05, 0) is 24.6 Å². The Labute approximate surface area is 206 Å². The summed E-state index contributed by atoms with van der Waals surface area (Å²) in [6.45, 7) is -0.191. The number of anilines is 2. The predicted molar refractivity (Wildman–Crippen MR) is 123 cm³/mol. The van der Waals surface area contributed by atoms with Crippen LogP contribution in [0.25, 0.3) is 27.9 Å². The first-order valence-corrected chi connectivity index (χ1v) is 11.6. The molecule has 0 amide bonds. The summed E-state index contributed by atoms with van der Waals surface area (Å²) < 4.78 is 76.0. The average Bonchev–Trinajstić information content (AvgIpc) is 3.37. The number of halogens is 5. The highest BCUT2D eigenvalue weighted by atomic mass is 19.4. The van der Waals surface area contributed by atoms with E-state index >= 15 is 0 Å². The van der Waals surface area contributed by atoms with Gasteiger partial charge in [0.25, 0.3) is 5.92 Å². The maximum Gasteiger partial charge on any atom is 0.406 e. The third-order valence-electron chi connectivity index (χ3n) is 6.70. The molecular weight excluding hydrogens is 501 g/mol. The van der Waals surface area contributed by atoms with Crippen molar-refractivity contribution in [2.45, 2.75) is 37.1 Å². The van der Waals surface area contributed by atoms with Gasteiger partial charge in [-0.2, -0.15) is 18.2 Å². The minimum atomic E-state index is -4.44. The molecule has 0 unspecified atom stereocenters. The first kappa shape index (κ1) is 23.8. The molecule has 0 bridgehead atoms. The molecule has 4 aromatic rings. The zero-order valence-corrected chi connectivity index (χ0v) is 19.3. The normalized spacial score (nSPS) is 20.9. The highest BCUT2D eigenvalue weighted by molar-refractivity contribution is 5.88. The number of nitrogen functional groups attached to an aromatic ring is 1. The van der Waals surface area contributed by atoms with Gasteiger partial charge in [-0.15, -0.1) is 5.10 Å². The standard InChI is InChI=1S/C22H22F5N9O/c23-21(24)9-34(12-7-37-8-12)5-4-16(21)31-20-32-18(28)17-13(3-6-36(17)33-20)14-1-2-15-19(30-14)35(11-29-15)10-22(25,26)27/h1-3,6,11-12,16H,4-5,7-10H2,(H3,28,31,32,33)/t16-/m1/s1. The van der Waals surface area contributed by atoms with Crippen LogP contribution in [0, 0.1) is 0 Å². The molecule has 4 aromatic heterocycles. The number of piperidine rings is 1. The number of alkyl halides is 5. The molecule has 1 atom stereocenters. The number of nitrogens with two attached hydrogens (primary N) is 1. The van der Waals surface area contributed by atoms with Crippen LogP contribution in [0.5, 0.6) is 0 Å². The van der Waals surface area contributed by atoms with Crippen LogP contribution in [0.3, 0.4) is 0 Å². The zero-order valence-electron chi connectivity index (χ0n) is 19.3. The number of imidazole rings is 1. The maximum absolute atomic E-state index is 14.9. The van der Waals surface area contributed by atoms with Crippen LogP contribution in [-0.2, 0) is 11.3 Å². The van der Waals surface area contributed by atoms with Gasteiger partial charge in [0.15, 0.2) is 11.5 Å². The molecule has 0 saturated carbocycles. The van der Waals surface area contributed by atoms with Gasteiger partial charge in [0.05, 0.1) is 43.9 Å². The molecule has 0 aliphatic carbocycles. The number of ether oxygens (including phenoxy) is 1. The predicted octanol–water partition coefficient (Wildman–Crippen LogP) is 2.81. The zero-order chi connectivity index (χ0) is 25.9. The van der Waals surface area contributed by atoms with Crippen molar-refractivity contribution in [3.05, 3.63) is 30.7 Å². The molecule has 37 heavy (non-hydrogen) atoms. The lowest BCUT2D eigenvalue weighted by Crippen LogP contribution is -2.61. The number of nitrogens with zero attached hydrogens (tertiary/aromatic N) is 7. The summed E-state index contributed by atoms with van der Waals surface area (Å²) in [6.07, 6.45) is -1.60. The Kier molecular flexibility index (Phi) is 5.45. The van der Waals surface area contributed by atoms with Crippen LogP contribution in [0.15, 0.2) is 30.7 Å². The monoisotopic (exact) mass is 523 g/mol. The Hall–Kier alpha value is -3.59. The van der Waals surface area contributed by atoms with Crippen LogP contribution >= 0.6 is 0 Å². The quantitative estimate of drug-likeness (QED) is 0.385. The van der Waals surface area contributed by atoms with Gasteiger partial charge < -0.3 is 20.4 Å². The van der Waals surface area contributed by atoms with Gasteiger partial charge in [-0.1, -0.05) is 0 Å². The van der Waals surface area contributed by atoms with Crippen molar-refractivity contribution < 1.29 is 26.7 Å². The number of hydrogen-bond acceptors (Lipinski definition) is 8. The molecule has 2 aliphatic rings. The molecule has 10 nitrogen and oxygen atoms in total. The van der Waals surface area contributed by atoms with Crippen molar-refractivity contribution in [1.29, 1.82) is 0 Å².